The van der Waals surface area contributed by atoms with Crippen LogP contribution in [0.25, 0.3) is 0 Å². The van der Waals surface area contributed by atoms with Gasteiger partial charge in [-0.1, -0.05) is 19.4 Å². The molecule has 0 bridgehead atoms. The minimum absolute atomic E-state index is 0.128. The van der Waals surface area contributed by atoms with Crippen molar-refractivity contribution >= 4 is 23.2 Å². The quantitative estimate of drug-likeness (QED) is 0.639. The van der Waals surface area contributed by atoms with E-state index in [0.29, 0.717) is 44.1 Å². The average molecular weight is 421 g/mol. The summed E-state index contributed by atoms with van der Waals surface area (Å²) in [4.78, 5) is 29.0. The van der Waals surface area contributed by atoms with Gasteiger partial charge in [0.2, 0.25) is 11.8 Å². The highest BCUT2D eigenvalue weighted by Crippen LogP contribution is 2.27. The van der Waals surface area contributed by atoms with Crippen LogP contribution >= 0.6 is 0 Å². The zero-order valence-corrected chi connectivity index (χ0v) is 18.1. The third-order valence-corrected chi connectivity index (χ3v) is 5.34. The van der Waals surface area contributed by atoms with Gasteiger partial charge >= 0.3 is 0 Å². The first-order chi connectivity index (χ1) is 14.4. The van der Waals surface area contributed by atoms with Crippen LogP contribution in [0.3, 0.4) is 0 Å². The van der Waals surface area contributed by atoms with Gasteiger partial charge in [0.15, 0.2) is 0 Å². The molecular formula is C22H33FN4O3. The van der Waals surface area contributed by atoms with Crippen molar-refractivity contribution in [3.63, 3.8) is 0 Å². The monoisotopic (exact) mass is 420 g/mol. The molecule has 7 nitrogen and oxygen atoms in total. The number of aliphatic hydroxyl groups excluding tert-OH is 1. The van der Waals surface area contributed by atoms with Gasteiger partial charge in [0.1, 0.15) is 12.4 Å². The number of anilines is 2. The Morgan fingerprint density at radius 3 is 2.53 bits per heavy atom. The molecule has 1 fully saturated rings. The van der Waals surface area contributed by atoms with Gasteiger partial charge in [-0.15, -0.1) is 0 Å². The summed E-state index contributed by atoms with van der Waals surface area (Å²) < 4.78 is 14.9. The SMILES string of the molecule is CCCC(/C=C/NC)CN(C(C)=O)c1ccc(N2CCN(C(=O)CO)CC2)c(F)c1. The Balaban J connectivity index is 2.14. The highest BCUT2D eigenvalue weighted by Gasteiger charge is 2.23. The van der Waals surface area contributed by atoms with Crippen LogP contribution in [0.4, 0.5) is 15.8 Å². The second kappa shape index (κ2) is 11.5. The minimum atomic E-state index is -0.507. The molecule has 1 aliphatic rings. The lowest BCUT2D eigenvalue weighted by Gasteiger charge is -2.36. The summed E-state index contributed by atoms with van der Waals surface area (Å²) in [7, 11) is 1.83. The van der Waals surface area contributed by atoms with Crippen LogP contribution in [-0.2, 0) is 9.59 Å². The number of amides is 2. The van der Waals surface area contributed by atoms with E-state index < -0.39 is 12.4 Å². The summed E-state index contributed by atoms with van der Waals surface area (Å²) in [6.07, 6.45) is 5.82. The van der Waals surface area contributed by atoms with Crippen LogP contribution in [0, 0.1) is 11.7 Å². The molecule has 1 atom stereocenters. The molecule has 8 heteroatoms. The van der Waals surface area contributed by atoms with Crippen LogP contribution in [0.2, 0.25) is 0 Å². The molecule has 0 aromatic heterocycles. The van der Waals surface area contributed by atoms with Gasteiger partial charge in [0, 0.05) is 52.4 Å². The van der Waals surface area contributed by atoms with Crippen molar-refractivity contribution in [2.24, 2.45) is 5.92 Å². The van der Waals surface area contributed by atoms with E-state index in [9.17, 15) is 14.0 Å². The lowest BCUT2D eigenvalue weighted by Crippen LogP contribution is -2.49. The maximum absolute atomic E-state index is 14.9. The van der Waals surface area contributed by atoms with Crippen molar-refractivity contribution in [1.29, 1.82) is 0 Å². The van der Waals surface area contributed by atoms with Crippen molar-refractivity contribution in [1.82, 2.24) is 10.2 Å². The molecule has 0 aliphatic carbocycles. The Morgan fingerprint density at radius 2 is 2.00 bits per heavy atom. The Labute approximate surface area is 178 Å². The maximum Gasteiger partial charge on any atom is 0.248 e. The number of rotatable bonds is 9. The number of aliphatic hydroxyl groups is 1. The maximum atomic E-state index is 14.9. The number of nitrogens with one attached hydrogen (secondary N) is 1. The van der Waals surface area contributed by atoms with E-state index in [2.05, 4.69) is 12.2 Å². The van der Waals surface area contributed by atoms with Crippen molar-refractivity contribution in [2.75, 3.05) is 56.2 Å². The van der Waals surface area contributed by atoms with Crippen molar-refractivity contribution in [3.05, 3.63) is 36.3 Å². The number of nitrogens with zero attached hydrogens (tertiary/aromatic N) is 3. The number of halogens is 1. The van der Waals surface area contributed by atoms with Crippen molar-refractivity contribution < 1.29 is 19.1 Å². The third kappa shape index (κ3) is 6.19. The Kier molecular flexibility index (Phi) is 9.11. The molecule has 1 saturated heterocycles. The highest BCUT2D eigenvalue weighted by molar-refractivity contribution is 5.91. The average Bonchev–Trinajstić information content (AvgIpc) is 2.75. The number of hydrogen-bond donors (Lipinski definition) is 2. The van der Waals surface area contributed by atoms with Gasteiger partial charge in [-0.2, -0.15) is 0 Å². The molecule has 0 spiro atoms. The smallest absolute Gasteiger partial charge is 0.248 e. The molecule has 1 aromatic rings. The van der Waals surface area contributed by atoms with E-state index in [4.69, 9.17) is 5.11 Å². The highest BCUT2D eigenvalue weighted by atomic mass is 19.1. The summed E-state index contributed by atoms with van der Waals surface area (Å²) in [5.74, 6) is -0.654. The summed E-state index contributed by atoms with van der Waals surface area (Å²) in [5.41, 5.74) is 0.996. The third-order valence-electron chi connectivity index (χ3n) is 5.34. The predicted molar refractivity (Wildman–Crippen MR) is 117 cm³/mol. The standard InChI is InChI=1S/C22H33FN4O3/c1-4-5-18(8-9-24-3)15-27(17(2)29)19-6-7-21(20(23)14-19)25-10-12-26(13-11-25)22(30)16-28/h6-9,14,18,24,28H,4-5,10-13,15-16H2,1-3H3/b9-8+. The first kappa shape index (κ1) is 23.7. The van der Waals surface area contributed by atoms with E-state index in [-0.39, 0.29) is 17.7 Å². The molecule has 166 valence electrons. The van der Waals surface area contributed by atoms with E-state index >= 15 is 0 Å². The first-order valence-corrected chi connectivity index (χ1v) is 10.5. The fraction of sp³-hybridized carbons (Fsp3) is 0.545. The molecule has 0 radical (unpaired) electrons. The number of carbonyl (C=O) groups excluding carboxylic acids is 2. The molecule has 1 unspecified atom stereocenters. The summed E-state index contributed by atoms with van der Waals surface area (Å²) in [6, 6.07) is 4.88. The lowest BCUT2D eigenvalue weighted by atomic mass is 10.0. The van der Waals surface area contributed by atoms with Gasteiger partial charge < -0.3 is 25.1 Å². The Hall–Kier alpha value is -2.61. The molecule has 2 rings (SSSR count). The molecule has 1 heterocycles. The molecule has 1 aromatic carbocycles. The number of benzene rings is 1. The topological polar surface area (TPSA) is 76.1 Å². The summed E-state index contributed by atoms with van der Waals surface area (Å²) in [6.45, 7) is 5.44. The first-order valence-electron chi connectivity index (χ1n) is 10.5. The van der Waals surface area contributed by atoms with Crippen LogP contribution < -0.4 is 15.1 Å². The lowest BCUT2D eigenvalue weighted by molar-refractivity contribution is -0.134. The van der Waals surface area contributed by atoms with E-state index in [1.54, 1.807) is 21.9 Å². The van der Waals surface area contributed by atoms with Gasteiger partial charge in [0.25, 0.3) is 0 Å². The van der Waals surface area contributed by atoms with Crippen molar-refractivity contribution in [2.45, 2.75) is 26.7 Å². The molecule has 2 amide bonds. The minimum Gasteiger partial charge on any atom is -0.394 e. The zero-order valence-electron chi connectivity index (χ0n) is 18.1. The summed E-state index contributed by atoms with van der Waals surface area (Å²) >= 11 is 0. The molecule has 30 heavy (non-hydrogen) atoms. The van der Waals surface area contributed by atoms with Gasteiger partial charge in [-0.05, 0) is 36.7 Å². The normalized spacial score (nSPS) is 15.4. The second-order valence-corrected chi connectivity index (χ2v) is 7.49. The van der Waals surface area contributed by atoms with E-state index in [1.165, 1.54) is 13.0 Å². The molecule has 0 saturated carbocycles. The zero-order chi connectivity index (χ0) is 22.1. The number of carbonyl (C=O) groups is 2. The van der Waals surface area contributed by atoms with Gasteiger partial charge in [-0.25, -0.2) is 4.39 Å². The van der Waals surface area contributed by atoms with Gasteiger partial charge in [0.05, 0.1) is 5.69 Å². The Bertz CT molecular complexity index is 748. The largest absolute Gasteiger partial charge is 0.394 e. The van der Waals surface area contributed by atoms with E-state index in [1.807, 2.05) is 24.2 Å². The second-order valence-electron chi connectivity index (χ2n) is 7.49. The van der Waals surface area contributed by atoms with Gasteiger partial charge in [-0.3, -0.25) is 9.59 Å². The number of hydrogen-bond acceptors (Lipinski definition) is 5. The fourth-order valence-electron chi connectivity index (χ4n) is 3.72. The fourth-order valence-corrected chi connectivity index (χ4v) is 3.72. The number of piperazine rings is 1. The van der Waals surface area contributed by atoms with Crippen LogP contribution in [-0.4, -0.2) is 68.2 Å². The van der Waals surface area contributed by atoms with E-state index in [0.717, 1.165) is 12.8 Å². The molecule has 2 N–H and O–H groups in total. The van der Waals surface area contributed by atoms with Crippen molar-refractivity contribution in [3.8, 4) is 0 Å². The molecular weight excluding hydrogens is 387 g/mol. The van der Waals surface area contributed by atoms with Crippen LogP contribution in [0.15, 0.2) is 30.5 Å². The van der Waals surface area contributed by atoms with Crippen LogP contribution in [0.5, 0.6) is 0 Å². The predicted octanol–water partition coefficient (Wildman–Crippen LogP) is 1.97. The Morgan fingerprint density at radius 1 is 1.30 bits per heavy atom. The van der Waals surface area contributed by atoms with Crippen LogP contribution in [0.1, 0.15) is 26.7 Å². The summed E-state index contributed by atoms with van der Waals surface area (Å²) in [5, 5.41) is 12.0. The molecule has 1 aliphatic heterocycles.